The number of carboxylic acids is 1. The minimum atomic E-state index is -3.45. The van der Waals surface area contributed by atoms with Gasteiger partial charge in [0.25, 0.3) is 10.2 Å². The molecule has 1 aliphatic heterocycles. The van der Waals surface area contributed by atoms with E-state index in [0.717, 1.165) is 25.7 Å². The van der Waals surface area contributed by atoms with Crippen molar-refractivity contribution in [1.29, 1.82) is 0 Å². The van der Waals surface area contributed by atoms with Crippen LogP contribution >= 0.6 is 0 Å². The Labute approximate surface area is 109 Å². The molecule has 7 heteroatoms. The lowest BCUT2D eigenvalue weighted by Crippen LogP contribution is -2.49. The van der Waals surface area contributed by atoms with E-state index in [1.54, 1.807) is 0 Å². The van der Waals surface area contributed by atoms with E-state index in [1.165, 1.54) is 4.31 Å². The summed E-state index contributed by atoms with van der Waals surface area (Å²) in [4.78, 5) is 10.6. The number of carbonyl (C=O) groups is 1. The maximum absolute atomic E-state index is 12.1. The number of aliphatic carboxylic acids is 1. The predicted molar refractivity (Wildman–Crippen MR) is 68.4 cm³/mol. The van der Waals surface area contributed by atoms with Gasteiger partial charge in [0.2, 0.25) is 0 Å². The van der Waals surface area contributed by atoms with E-state index in [9.17, 15) is 13.2 Å². The van der Waals surface area contributed by atoms with Gasteiger partial charge in [0, 0.05) is 25.6 Å². The van der Waals surface area contributed by atoms with Crippen LogP contribution in [0.15, 0.2) is 0 Å². The molecule has 1 saturated heterocycles. The van der Waals surface area contributed by atoms with Crippen molar-refractivity contribution in [2.45, 2.75) is 51.5 Å². The highest BCUT2D eigenvalue weighted by molar-refractivity contribution is 7.87. The standard InChI is InChI=1S/C11H22N2O4S/c1-2-8-12-18(16,17)13-9-4-3-5-10(13)6-7-11(14)15/h10,12H,2-9H2,1H3,(H,14,15). The maximum Gasteiger partial charge on any atom is 0.303 e. The van der Waals surface area contributed by atoms with Gasteiger partial charge in [-0.05, 0) is 25.7 Å². The fraction of sp³-hybridized carbons (Fsp3) is 0.909. The predicted octanol–water partition coefficient (Wildman–Crippen LogP) is 0.950. The highest BCUT2D eigenvalue weighted by Crippen LogP contribution is 2.23. The molecule has 6 nitrogen and oxygen atoms in total. The Kier molecular flexibility index (Phi) is 6.04. The summed E-state index contributed by atoms with van der Waals surface area (Å²) < 4.78 is 28.1. The molecule has 0 aromatic rings. The molecule has 0 aromatic carbocycles. The zero-order valence-corrected chi connectivity index (χ0v) is 11.6. The molecule has 0 amide bonds. The Morgan fingerprint density at radius 2 is 2.17 bits per heavy atom. The minimum Gasteiger partial charge on any atom is -0.481 e. The first-order valence-electron chi connectivity index (χ1n) is 6.45. The molecule has 18 heavy (non-hydrogen) atoms. The molecule has 0 aromatic heterocycles. The normalized spacial score (nSPS) is 21.9. The third-order valence-electron chi connectivity index (χ3n) is 3.11. The maximum atomic E-state index is 12.1. The van der Waals surface area contributed by atoms with E-state index in [-0.39, 0.29) is 12.5 Å². The van der Waals surface area contributed by atoms with Crippen LogP contribution in [0.25, 0.3) is 0 Å². The summed E-state index contributed by atoms with van der Waals surface area (Å²) in [6.07, 6.45) is 3.71. The topological polar surface area (TPSA) is 86.7 Å². The second-order valence-electron chi connectivity index (χ2n) is 4.59. The number of hydrogen-bond donors (Lipinski definition) is 2. The van der Waals surface area contributed by atoms with Gasteiger partial charge in [-0.15, -0.1) is 0 Å². The molecule has 0 aliphatic carbocycles. The van der Waals surface area contributed by atoms with Gasteiger partial charge in [0.05, 0.1) is 0 Å². The molecular weight excluding hydrogens is 256 g/mol. The van der Waals surface area contributed by atoms with Crippen molar-refractivity contribution in [2.24, 2.45) is 0 Å². The Hall–Kier alpha value is -0.660. The Morgan fingerprint density at radius 3 is 2.78 bits per heavy atom. The van der Waals surface area contributed by atoms with Gasteiger partial charge in [0.15, 0.2) is 0 Å². The molecule has 0 radical (unpaired) electrons. The van der Waals surface area contributed by atoms with Gasteiger partial charge in [-0.2, -0.15) is 12.7 Å². The summed E-state index contributed by atoms with van der Waals surface area (Å²) >= 11 is 0. The average Bonchev–Trinajstić information content (AvgIpc) is 2.34. The zero-order valence-electron chi connectivity index (χ0n) is 10.8. The second-order valence-corrected chi connectivity index (χ2v) is 6.30. The molecule has 1 heterocycles. The van der Waals surface area contributed by atoms with Crippen molar-refractivity contribution < 1.29 is 18.3 Å². The lowest BCUT2D eigenvalue weighted by Gasteiger charge is -2.34. The molecule has 1 atom stereocenters. The number of carboxylic acid groups (broad SMARTS) is 1. The fourth-order valence-electron chi connectivity index (χ4n) is 2.18. The van der Waals surface area contributed by atoms with Crippen molar-refractivity contribution in [3.8, 4) is 0 Å². The number of nitrogens with zero attached hydrogens (tertiary/aromatic N) is 1. The summed E-state index contributed by atoms with van der Waals surface area (Å²) in [6, 6.07) is -0.177. The van der Waals surface area contributed by atoms with Crippen LogP contribution in [0.1, 0.15) is 45.4 Å². The van der Waals surface area contributed by atoms with Gasteiger partial charge in [-0.25, -0.2) is 4.72 Å². The molecule has 106 valence electrons. The lowest BCUT2D eigenvalue weighted by molar-refractivity contribution is -0.137. The van der Waals surface area contributed by atoms with Crippen LogP contribution in [0, 0.1) is 0 Å². The van der Waals surface area contributed by atoms with E-state index in [1.807, 2.05) is 6.92 Å². The monoisotopic (exact) mass is 278 g/mol. The van der Waals surface area contributed by atoms with Gasteiger partial charge >= 0.3 is 5.97 Å². The van der Waals surface area contributed by atoms with Gasteiger partial charge in [-0.1, -0.05) is 13.3 Å². The summed E-state index contributed by atoms with van der Waals surface area (Å²) in [6.45, 7) is 2.81. The molecule has 1 rings (SSSR count). The molecule has 0 spiro atoms. The van der Waals surface area contributed by atoms with Crippen LogP contribution in [0.3, 0.4) is 0 Å². The number of rotatable bonds is 7. The van der Waals surface area contributed by atoms with E-state index < -0.39 is 16.2 Å². The summed E-state index contributed by atoms with van der Waals surface area (Å²) in [5.41, 5.74) is 0. The van der Waals surface area contributed by atoms with Gasteiger partial charge in [0.1, 0.15) is 0 Å². The van der Waals surface area contributed by atoms with E-state index in [2.05, 4.69) is 4.72 Å². The largest absolute Gasteiger partial charge is 0.481 e. The first kappa shape index (κ1) is 15.4. The van der Waals surface area contributed by atoms with Gasteiger partial charge < -0.3 is 5.11 Å². The quantitative estimate of drug-likeness (QED) is 0.726. The van der Waals surface area contributed by atoms with Crippen molar-refractivity contribution in [3.05, 3.63) is 0 Å². The smallest absolute Gasteiger partial charge is 0.303 e. The Balaban J connectivity index is 2.66. The van der Waals surface area contributed by atoms with Crippen LogP contribution in [-0.4, -0.2) is 42.9 Å². The zero-order chi connectivity index (χ0) is 13.6. The van der Waals surface area contributed by atoms with E-state index >= 15 is 0 Å². The molecule has 1 unspecified atom stereocenters. The van der Waals surface area contributed by atoms with E-state index in [4.69, 9.17) is 5.11 Å². The molecule has 1 aliphatic rings. The average molecular weight is 278 g/mol. The number of nitrogens with one attached hydrogen (secondary N) is 1. The first-order valence-corrected chi connectivity index (χ1v) is 7.89. The third kappa shape index (κ3) is 4.55. The van der Waals surface area contributed by atoms with E-state index in [0.29, 0.717) is 19.5 Å². The molecular formula is C11H22N2O4S. The van der Waals surface area contributed by atoms with Crippen molar-refractivity contribution in [3.63, 3.8) is 0 Å². The van der Waals surface area contributed by atoms with Crippen LogP contribution in [0.5, 0.6) is 0 Å². The molecule has 0 bridgehead atoms. The van der Waals surface area contributed by atoms with Crippen molar-refractivity contribution in [1.82, 2.24) is 9.03 Å². The fourth-order valence-corrected chi connectivity index (χ4v) is 3.78. The van der Waals surface area contributed by atoms with Crippen LogP contribution in [0.2, 0.25) is 0 Å². The third-order valence-corrected chi connectivity index (χ3v) is 4.77. The summed E-state index contributed by atoms with van der Waals surface area (Å²) in [5.74, 6) is -0.876. The second kappa shape index (κ2) is 7.06. The minimum absolute atomic E-state index is 0.0183. The number of piperidine rings is 1. The summed E-state index contributed by atoms with van der Waals surface area (Å²) in [7, 11) is -3.45. The lowest BCUT2D eigenvalue weighted by atomic mass is 10.0. The first-order chi connectivity index (χ1) is 8.47. The highest BCUT2D eigenvalue weighted by Gasteiger charge is 2.31. The number of hydrogen-bond acceptors (Lipinski definition) is 3. The SMILES string of the molecule is CCCNS(=O)(=O)N1CCCCC1CCC(=O)O. The molecule has 2 N–H and O–H groups in total. The summed E-state index contributed by atoms with van der Waals surface area (Å²) in [5, 5.41) is 8.69. The van der Waals surface area contributed by atoms with Crippen LogP contribution in [0.4, 0.5) is 0 Å². The molecule has 0 saturated carbocycles. The Bertz CT molecular complexity index is 369. The highest BCUT2D eigenvalue weighted by atomic mass is 32.2. The van der Waals surface area contributed by atoms with Crippen molar-refractivity contribution >= 4 is 16.2 Å². The van der Waals surface area contributed by atoms with Gasteiger partial charge in [-0.3, -0.25) is 4.79 Å². The molecule has 1 fully saturated rings. The Morgan fingerprint density at radius 1 is 1.44 bits per heavy atom. The van der Waals surface area contributed by atoms with Crippen LogP contribution in [-0.2, 0) is 15.0 Å². The van der Waals surface area contributed by atoms with Crippen LogP contribution < -0.4 is 4.72 Å². The van der Waals surface area contributed by atoms with Crippen molar-refractivity contribution in [2.75, 3.05) is 13.1 Å².